The number of anilines is 1. The zero-order valence-corrected chi connectivity index (χ0v) is 17.1. The van der Waals surface area contributed by atoms with Gasteiger partial charge in [0.2, 0.25) is 0 Å². The molecule has 2 aromatic carbocycles. The van der Waals surface area contributed by atoms with Crippen molar-refractivity contribution in [2.24, 2.45) is 5.92 Å². The van der Waals surface area contributed by atoms with Crippen LogP contribution in [-0.4, -0.2) is 60.6 Å². The van der Waals surface area contributed by atoms with Crippen molar-refractivity contribution in [1.82, 2.24) is 9.80 Å². The second-order valence-electron chi connectivity index (χ2n) is 7.71. The van der Waals surface area contributed by atoms with E-state index in [1.807, 2.05) is 65.6 Å². The van der Waals surface area contributed by atoms with Crippen molar-refractivity contribution in [2.45, 2.75) is 20.0 Å². The van der Waals surface area contributed by atoms with E-state index in [1.54, 1.807) is 4.90 Å². The summed E-state index contributed by atoms with van der Waals surface area (Å²) >= 11 is 0. The molecular weight excluding hydrogens is 366 g/mol. The molecule has 1 heterocycles. The lowest BCUT2D eigenvalue weighted by molar-refractivity contribution is -0.0272. The van der Waals surface area contributed by atoms with E-state index < -0.39 is 0 Å². The molecule has 6 heteroatoms. The Morgan fingerprint density at radius 3 is 2.41 bits per heavy atom. The van der Waals surface area contributed by atoms with Crippen molar-refractivity contribution in [1.29, 1.82) is 0 Å². The van der Waals surface area contributed by atoms with Gasteiger partial charge in [-0.15, -0.1) is 0 Å². The quantitative estimate of drug-likeness (QED) is 0.811. The Kier molecular flexibility index (Phi) is 7.25. The largest absolute Gasteiger partial charge is 0.373 e. The Bertz CT molecular complexity index is 796. The molecule has 1 atom stereocenters. The summed E-state index contributed by atoms with van der Waals surface area (Å²) in [6, 6.07) is 18.6. The van der Waals surface area contributed by atoms with E-state index in [0.717, 1.165) is 5.69 Å². The molecule has 0 radical (unpaired) electrons. The summed E-state index contributed by atoms with van der Waals surface area (Å²) in [5.41, 5.74) is 1.43. The van der Waals surface area contributed by atoms with Crippen LogP contribution in [-0.2, 0) is 4.74 Å². The summed E-state index contributed by atoms with van der Waals surface area (Å²) in [6.45, 7) is 6.73. The highest BCUT2D eigenvalue weighted by molar-refractivity contribution is 5.94. The van der Waals surface area contributed by atoms with Gasteiger partial charge in [0, 0.05) is 30.9 Å². The molecule has 3 amide bonds. The molecular formula is C23H29N3O3. The Hall–Kier alpha value is -2.86. The van der Waals surface area contributed by atoms with Crippen LogP contribution in [0.1, 0.15) is 24.2 Å². The van der Waals surface area contributed by atoms with E-state index in [4.69, 9.17) is 4.74 Å². The molecule has 1 unspecified atom stereocenters. The summed E-state index contributed by atoms with van der Waals surface area (Å²) in [5, 5.41) is 2.92. The molecule has 0 spiro atoms. The summed E-state index contributed by atoms with van der Waals surface area (Å²) < 4.78 is 5.89. The van der Waals surface area contributed by atoms with Crippen molar-refractivity contribution in [2.75, 3.05) is 38.1 Å². The standard InChI is InChI=1S/C23H29N3O3/c1-18(2)15-26(22(27)19-9-5-3-6-10-19)17-21-16-25(13-14-29-21)23(28)24-20-11-7-4-8-12-20/h3-12,18,21H,13-17H2,1-2H3,(H,24,28). The molecule has 29 heavy (non-hydrogen) atoms. The SMILES string of the molecule is CC(C)CN(CC1CN(C(=O)Nc2ccccc2)CCO1)C(=O)c1ccccc1. The lowest BCUT2D eigenvalue weighted by atomic mass is 10.1. The predicted molar refractivity (Wildman–Crippen MR) is 114 cm³/mol. The highest BCUT2D eigenvalue weighted by atomic mass is 16.5. The zero-order valence-electron chi connectivity index (χ0n) is 17.1. The van der Waals surface area contributed by atoms with Gasteiger partial charge in [-0.25, -0.2) is 4.79 Å². The average molecular weight is 396 g/mol. The van der Waals surface area contributed by atoms with Crippen LogP contribution in [0.4, 0.5) is 10.5 Å². The number of hydrogen-bond donors (Lipinski definition) is 1. The summed E-state index contributed by atoms with van der Waals surface area (Å²) in [7, 11) is 0. The Labute approximate surface area is 172 Å². The number of urea groups is 1. The predicted octanol–water partition coefficient (Wildman–Crippen LogP) is 3.72. The minimum absolute atomic E-state index is 0.00578. The van der Waals surface area contributed by atoms with Crippen LogP contribution >= 0.6 is 0 Å². The van der Waals surface area contributed by atoms with E-state index >= 15 is 0 Å². The van der Waals surface area contributed by atoms with Gasteiger partial charge in [0.25, 0.3) is 5.91 Å². The number of benzene rings is 2. The van der Waals surface area contributed by atoms with E-state index in [0.29, 0.717) is 44.3 Å². The van der Waals surface area contributed by atoms with Gasteiger partial charge in [0.05, 0.1) is 19.3 Å². The number of amides is 3. The van der Waals surface area contributed by atoms with Gasteiger partial charge in [-0.1, -0.05) is 50.2 Å². The van der Waals surface area contributed by atoms with E-state index in [2.05, 4.69) is 19.2 Å². The van der Waals surface area contributed by atoms with Crippen molar-refractivity contribution < 1.29 is 14.3 Å². The van der Waals surface area contributed by atoms with Crippen LogP contribution in [0.2, 0.25) is 0 Å². The van der Waals surface area contributed by atoms with Crippen LogP contribution < -0.4 is 5.32 Å². The topological polar surface area (TPSA) is 61.9 Å². The Morgan fingerprint density at radius 1 is 1.10 bits per heavy atom. The second-order valence-corrected chi connectivity index (χ2v) is 7.71. The summed E-state index contributed by atoms with van der Waals surface area (Å²) in [4.78, 5) is 29.2. The monoisotopic (exact) mass is 395 g/mol. The lowest BCUT2D eigenvalue weighted by Crippen LogP contribution is -2.52. The average Bonchev–Trinajstić information content (AvgIpc) is 2.74. The molecule has 3 rings (SSSR count). The van der Waals surface area contributed by atoms with Crippen LogP contribution in [0.15, 0.2) is 60.7 Å². The number of rotatable bonds is 6. The fourth-order valence-electron chi connectivity index (χ4n) is 3.43. The molecule has 1 N–H and O–H groups in total. The van der Waals surface area contributed by atoms with Crippen LogP contribution in [0.5, 0.6) is 0 Å². The highest BCUT2D eigenvalue weighted by Crippen LogP contribution is 2.14. The second kappa shape index (κ2) is 10.1. The minimum Gasteiger partial charge on any atom is -0.373 e. The molecule has 1 fully saturated rings. The van der Waals surface area contributed by atoms with Crippen LogP contribution in [0.25, 0.3) is 0 Å². The third kappa shape index (κ3) is 6.06. The third-order valence-corrected chi connectivity index (χ3v) is 4.77. The van der Waals surface area contributed by atoms with E-state index in [9.17, 15) is 9.59 Å². The molecule has 0 aliphatic carbocycles. The van der Waals surface area contributed by atoms with Gasteiger partial charge in [0.1, 0.15) is 0 Å². The molecule has 1 aliphatic rings. The van der Waals surface area contributed by atoms with Gasteiger partial charge in [-0.3, -0.25) is 4.79 Å². The fourth-order valence-corrected chi connectivity index (χ4v) is 3.43. The van der Waals surface area contributed by atoms with Gasteiger partial charge in [-0.2, -0.15) is 0 Å². The van der Waals surface area contributed by atoms with Crippen LogP contribution in [0, 0.1) is 5.92 Å². The van der Waals surface area contributed by atoms with Gasteiger partial charge in [0.15, 0.2) is 0 Å². The van der Waals surface area contributed by atoms with Gasteiger partial charge >= 0.3 is 6.03 Å². The molecule has 1 saturated heterocycles. The molecule has 0 bridgehead atoms. The summed E-state index contributed by atoms with van der Waals surface area (Å²) in [5.74, 6) is 0.331. The van der Waals surface area contributed by atoms with Gasteiger partial charge < -0.3 is 19.9 Å². The first-order valence-corrected chi connectivity index (χ1v) is 10.1. The molecule has 2 aromatic rings. The number of hydrogen-bond acceptors (Lipinski definition) is 3. The minimum atomic E-state index is -0.211. The molecule has 154 valence electrons. The lowest BCUT2D eigenvalue weighted by Gasteiger charge is -2.36. The van der Waals surface area contributed by atoms with Crippen molar-refractivity contribution in [3.8, 4) is 0 Å². The molecule has 1 aliphatic heterocycles. The smallest absolute Gasteiger partial charge is 0.322 e. The number of morpholine rings is 1. The van der Waals surface area contributed by atoms with E-state index in [1.165, 1.54) is 0 Å². The highest BCUT2D eigenvalue weighted by Gasteiger charge is 2.28. The number of carbonyl (C=O) groups excluding carboxylic acids is 2. The molecule has 0 aromatic heterocycles. The number of carbonyl (C=O) groups is 2. The number of nitrogens with one attached hydrogen (secondary N) is 1. The maximum atomic E-state index is 13.0. The maximum absolute atomic E-state index is 13.0. The summed E-state index contributed by atoms with van der Waals surface area (Å²) in [6.07, 6.45) is -0.211. The van der Waals surface area contributed by atoms with Crippen LogP contribution in [0.3, 0.4) is 0 Å². The number of nitrogens with zero attached hydrogens (tertiary/aromatic N) is 2. The van der Waals surface area contributed by atoms with Crippen molar-refractivity contribution in [3.05, 3.63) is 66.2 Å². The fraction of sp³-hybridized carbons (Fsp3) is 0.391. The molecule has 0 saturated carbocycles. The normalized spacial score (nSPS) is 16.5. The zero-order chi connectivity index (χ0) is 20.6. The molecule has 6 nitrogen and oxygen atoms in total. The Balaban J connectivity index is 1.63. The Morgan fingerprint density at radius 2 is 1.76 bits per heavy atom. The maximum Gasteiger partial charge on any atom is 0.322 e. The first kappa shape index (κ1) is 20.9. The van der Waals surface area contributed by atoms with E-state index in [-0.39, 0.29) is 18.0 Å². The first-order chi connectivity index (χ1) is 14.0. The van der Waals surface area contributed by atoms with Gasteiger partial charge in [-0.05, 0) is 30.2 Å². The number of para-hydroxylation sites is 1. The number of ether oxygens (including phenoxy) is 1. The van der Waals surface area contributed by atoms with Crippen molar-refractivity contribution in [3.63, 3.8) is 0 Å². The third-order valence-electron chi connectivity index (χ3n) is 4.77. The first-order valence-electron chi connectivity index (χ1n) is 10.1. The van der Waals surface area contributed by atoms with Crippen molar-refractivity contribution >= 4 is 17.6 Å².